The predicted octanol–water partition coefficient (Wildman–Crippen LogP) is 2.98. The third-order valence-corrected chi connectivity index (χ3v) is 6.09. The molecule has 2 aliphatic heterocycles. The lowest BCUT2D eigenvalue weighted by atomic mass is 10.0. The third-order valence-electron chi connectivity index (χ3n) is 5.09. The summed E-state index contributed by atoms with van der Waals surface area (Å²) in [5, 5.41) is 10.7. The molecule has 1 aromatic heterocycles. The maximum atomic E-state index is 12.0. The number of rotatable bonds is 8. The number of ether oxygens (including phenoxy) is 1. The molecule has 1 aromatic rings. The molecule has 1 fully saturated rings. The molecule has 0 saturated carbocycles. The zero-order valence-electron chi connectivity index (χ0n) is 16.6. The lowest BCUT2D eigenvalue weighted by Crippen LogP contribution is -2.52. The molecule has 3 rings (SSSR count). The van der Waals surface area contributed by atoms with Crippen LogP contribution in [-0.4, -0.2) is 70.6 Å². The van der Waals surface area contributed by atoms with Gasteiger partial charge in [0.2, 0.25) is 0 Å². The Morgan fingerprint density at radius 1 is 1.39 bits per heavy atom. The van der Waals surface area contributed by atoms with Crippen LogP contribution in [0.15, 0.2) is 46.8 Å². The first-order valence-corrected chi connectivity index (χ1v) is 10.9. The molecule has 6 nitrogen and oxygen atoms in total. The van der Waals surface area contributed by atoms with Gasteiger partial charge in [-0.25, -0.2) is 4.79 Å². The topological polar surface area (TPSA) is 65.9 Å². The van der Waals surface area contributed by atoms with Gasteiger partial charge in [0.25, 0.3) is 0 Å². The summed E-state index contributed by atoms with van der Waals surface area (Å²) in [7, 11) is 0. The van der Waals surface area contributed by atoms with E-state index in [1.807, 2.05) is 19.2 Å². The molecule has 0 aliphatic carbocycles. The van der Waals surface area contributed by atoms with Crippen molar-refractivity contribution in [1.29, 1.82) is 0 Å². The fourth-order valence-corrected chi connectivity index (χ4v) is 4.79. The van der Waals surface area contributed by atoms with Crippen LogP contribution in [0.2, 0.25) is 0 Å². The fourth-order valence-electron chi connectivity index (χ4n) is 3.76. The summed E-state index contributed by atoms with van der Waals surface area (Å²) in [6.45, 7) is 7.96. The first-order chi connectivity index (χ1) is 13.6. The third kappa shape index (κ3) is 4.96. The molecular formula is C21H29N3O3S. The number of carbonyl (C=O) groups is 1. The minimum atomic E-state index is -0.845. The number of morpholine rings is 1. The zero-order chi connectivity index (χ0) is 19.9. The Kier molecular flexibility index (Phi) is 7.53. The number of aromatic nitrogens is 1. The molecule has 1 atom stereocenters. The lowest BCUT2D eigenvalue weighted by molar-refractivity contribution is -0.132. The smallest absolute Gasteiger partial charge is 0.338 e. The largest absolute Gasteiger partial charge is 0.478 e. The SMILES string of the molecule is CCSC1=C(C(=O)O)C(C)=CC(N2CCOCC2)N1CCCc1cccnc1. The molecule has 0 radical (unpaired) electrons. The van der Waals surface area contributed by atoms with Crippen LogP contribution in [0.3, 0.4) is 0 Å². The van der Waals surface area contributed by atoms with E-state index in [2.05, 4.69) is 33.8 Å². The maximum absolute atomic E-state index is 12.0. The van der Waals surface area contributed by atoms with Crippen LogP contribution >= 0.6 is 11.8 Å². The average Bonchev–Trinajstić information content (AvgIpc) is 2.70. The molecular weight excluding hydrogens is 374 g/mol. The Bertz CT molecular complexity index is 730. The Hall–Kier alpha value is -1.83. The molecule has 2 aliphatic rings. The number of thioether (sulfide) groups is 1. The van der Waals surface area contributed by atoms with Crippen LogP contribution in [0.4, 0.5) is 0 Å². The summed E-state index contributed by atoms with van der Waals surface area (Å²) in [6.07, 6.45) is 7.75. The predicted molar refractivity (Wildman–Crippen MR) is 112 cm³/mol. The second-order valence-electron chi connectivity index (χ2n) is 6.99. The maximum Gasteiger partial charge on any atom is 0.338 e. The minimum absolute atomic E-state index is 0.0787. The summed E-state index contributed by atoms with van der Waals surface area (Å²) >= 11 is 1.63. The highest BCUT2D eigenvalue weighted by atomic mass is 32.2. The van der Waals surface area contributed by atoms with E-state index in [-0.39, 0.29) is 6.17 Å². The van der Waals surface area contributed by atoms with E-state index in [0.717, 1.165) is 62.0 Å². The zero-order valence-corrected chi connectivity index (χ0v) is 17.5. The van der Waals surface area contributed by atoms with Crippen molar-refractivity contribution >= 4 is 17.7 Å². The number of pyridine rings is 1. The molecule has 7 heteroatoms. The number of carboxylic acid groups (broad SMARTS) is 1. The van der Waals surface area contributed by atoms with Crippen LogP contribution in [0.1, 0.15) is 25.8 Å². The Labute approximate surface area is 171 Å². The van der Waals surface area contributed by atoms with Gasteiger partial charge in [0.1, 0.15) is 6.17 Å². The van der Waals surface area contributed by atoms with Gasteiger partial charge in [-0.05, 0) is 48.8 Å². The van der Waals surface area contributed by atoms with E-state index in [0.29, 0.717) is 5.57 Å². The van der Waals surface area contributed by atoms with E-state index >= 15 is 0 Å². The van der Waals surface area contributed by atoms with Gasteiger partial charge in [0.05, 0.1) is 23.8 Å². The first kappa shape index (κ1) is 20.9. The van der Waals surface area contributed by atoms with Crippen molar-refractivity contribution in [3.8, 4) is 0 Å². The van der Waals surface area contributed by atoms with Crippen LogP contribution in [0.25, 0.3) is 0 Å². The van der Waals surface area contributed by atoms with Gasteiger partial charge >= 0.3 is 5.97 Å². The van der Waals surface area contributed by atoms with Gasteiger partial charge in [-0.3, -0.25) is 9.88 Å². The standard InChI is InChI=1S/C21H29N3O3S/c1-3-28-20-19(21(25)26)16(2)14-18(23-10-12-27-13-11-23)24(20)9-5-7-17-6-4-8-22-15-17/h4,6,8,14-15,18H,3,5,7,9-13H2,1-2H3,(H,25,26). The van der Waals surface area contributed by atoms with E-state index in [1.165, 1.54) is 5.56 Å². The van der Waals surface area contributed by atoms with Crippen LogP contribution in [0.5, 0.6) is 0 Å². The second kappa shape index (κ2) is 10.1. The highest BCUT2D eigenvalue weighted by Crippen LogP contribution is 2.36. The Balaban J connectivity index is 1.84. The highest BCUT2D eigenvalue weighted by molar-refractivity contribution is 8.03. The van der Waals surface area contributed by atoms with Crippen molar-refractivity contribution in [2.45, 2.75) is 32.9 Å². The molecule has 0 amide bonds. The number of carboxylic acids is 1. The monoisotopic (exact) mass is 403 g/mol. The molecule has 0 bridgehead atoms. The van der Waals surface area contributed by atoms with Crippen LogP contribution in [-0.2, 0) is 16.0 Å². The summed E-state index contributed by atoms with van der Waals surface area (Å²) in [5.41, 5.74) is 2.50. The summed E-state index contributed by atoms with van der Waals surface area (Å²) in [5.74, 6) is -0.00342. The number of nitrogens with zero attached hydrogens (tertiary/aromatic N) is 3. The highest BCUT2D eigenvalue weighted by Gasteiger charge is 2.34. The van der Waals surface area contributed by atoms with Crippen molar-refractivity contribution < 1.29 is 14.6 Å². The molecule has 0 aromatic carbocycles. The summed E-state index contributed by atoms with van der Waals surface area (Å²) in [4.78, 5) is 20.9. The van der Waals surface area contributed by atoms with E-state index in [9.17, 15) is 9.90 Å². The molecule has 0 spiro atoms. The lowest BCUT2D eigenvalue weighted by Gasteiger charge is -2.44. The molecule has 152 valence electrons. The Morgan fingerprint density at radius 3 is 2.82 bits per heavy atom. The molecule has 28 heavy (non-hydrogen) atoms. The average molecular weight is 404 g/mol. The van der Waals surface area contributed by atoms with Crippen LogP contribution in [0, 0.1) is 0 Å². The molecule has 1 unspecified atom stereocenters. The number of hydrogen-bond donors (Lipinski definition) is 1. The van der Waals surface area contributed by atoms with Crippen LogP contribution < -0.4 is 0 Å². The Morgan fingerprint density at radius 2 is 2.18 bits per heavy atom. The molecule has 3 heterocycles. The van der Waals surface area contributed by atoms with E-state index < -0.39 is 5.97 Å². The normalized spacial score (nSPS) is 21.0. The van der Waals surface area contributed by atoms with Crippen molar-refractivity contribution in [3.63, 3.8) is 0 Å². The van der Waals surface area contributed by atoms with Crippen molar-refractivity contribution in [1.82, 2.24) is 14.8 Å². The summed E-state index contributed by atoms with van der Waals surface area (Å²) in [6, 6.07) is 4.05. The van der Waals surface area contributed by atoms with Gasteiger partial charge in [0, 0.05) is 32.0 Å². The minimum Gasteiger partial charge on any atom is -0.478 e. The van der Waals surface area contributed by atoms with Gasteiger partial charge in [-0.15, -0.1) is 11.8 Å². The van der Waals surface area contributed by atoms with Gasteiger partial charge in [0.15, 0.2) is 0 Å². The number of hydrogen-bond acceptors (Lipinski definition) is 6. The molecule has 1 saturated heterocycles. The van der Waals surface area contributed by atoms with Gasteiger partial charge in [-0.1, -0.05) is 13.0 Å². The fraction of sp³-hybridized carbons (Fsp3) is 0.524. The first-order valence-electron chi connectivity index (χ1n) is 9.88. The number of aryl methyl sites for hydroxylation is 1. The van der Waals surface area contributed by atoms with Gasteiger partial charge < -0.3 is 14.7 Å². The van der Waals surface area contributed by atoms with E-state index in [4.69, 9.17) is 4.74 Å². The summed E-state index contributed by atoms with van der Waals surface area (Å²) < 4.78 is 5.53. The second-order valence-corrected chi connectivity index (χ2v) is 8.24. The van der Waals surface area contributed by atoms with E-state index in [1.54, 1.807) is 18.0 Å². The van der Waals surface area contributed by atoms with Crippen molar-refractivity contribution in [2.75, 3.05) is 38.6 Å². The number of aliphatic carboxylic acids is 1. The van der Waals surface area contributed by atoms with Crippen molar-refractivity contribution in [2.24, 2.45) is 0 Å². The molecule has 1 N–H and O–H groups in total. The van der Waals surface area contributed by atoms with Crippen molar-refractivity contribution in [3.05, 3.63) is 52.3 Å². The quantitative estimate of drug-likeness (QED) is 0.716. The van der Waals surface area contributed by atoms with Gasteiger partial charge in [-0.2, -0.15) is 0 Å².